The van der Waals surface area contributed by atoms with Gasteiger partial charge in [0.2, 0.25) is 5.79 Å². The molecule has 0 aromatic heterocycles. The second kappa shape index (κ2) is 7.41. The van der Waals surface area contributed by atoms with Crippen molar-refractivity contribution < 1.29 is 24.4 Å². The van der Waals surface area contributed by atoms with Crippen LogP contribution in [0.1, 0.15) is 12.5 Å². The van der Waals surface area contributed by atoms with Gasteiger partial charge in [-0.25, -0.2) is 0 Å². The Hall–Kier alpha value is -2.15. The molecule has 6 heteroatoms. The van der Waals surface area contributed by atoms with E-state index in [0.29, 0.717) is 18.1 Å². The maximum Gasteiger partial charge on any atom is 0.216 e. The Morgan fingerprint density at radius 2 is 2.13 bits per heavy atom. The van der Waals surface area contributed by atoms with E-state index in [1.807, 2.05) is 0 Å². The molecule has 2 N–H and O–H groups in total. The van der Waals surface area contributed by atoms with Crippen LogP contribution in [0.25, 0.3) is 0 Å². The van der Waals surface area contributed by atoms with Crippen molar-refractivity contribution in [2.75, 3.05) is 20.8 Å². The van der Waals surface area contributed by atoms with Gasteiger partial charge in [-0.3, -0.25) is 4.99 Å². The summed E-state index contributed by atoms with van der Waals surface area (Å²) in [6.45, 7) is 2.16. The van der Waals surface area contributed by atoms with Crippen LogP contribution in [-0.2, 0) is 9.47 Å². The molecule has 1 aliphatic rings. The first-order valence-corrected chi connectivity index (χ1v) is 7.23. The van der Waals surface area contributed by atoms with E-state index >= 15 is 0 Å². The van der Waals surface area contributed by atoms with E-state index in [4.69, 9.17) is 14.2 Å². The van der Waals surface area contributed by atoms with Gasteiger partial charge in [0.1, 0.15) is 6.10 Å². The summed E-state index contributed by atoms with van der Waals surface area (Å²) in [5.74, 6) is -1.03. The first kappa shape index (κ1) is 17.2. The molecule has 0 saturated heterocycles. The highest BCUT2D eigenvalue weighted by Gasteiger charge is 2.36. The van der Waals surface area contributed by atoms with Crippen molar-refractivity contribution in [1.82, 2.24) is 0 Å². The zero-order valence-electron chi connectivity index (χ0n) is 13.4. The molecule has 124 valence electrons. The largest absolute Gasteiger partial charge is 0.504 e. The number of hydrogen-bond donors (Lipinski definition) is 2. The molecule has 1 aromatic carbocycles. The fraction of sp³-hybridized carbons (Fsp3) is 0.353. The van der Waals surface area contributed by atoms with Crippen LogP contribution >= 0.6 is 0 Å². The second-order valence-corrected chi connectivity index (χ2v) is 4.96. The highest BCUT2D eigenvalue weighted by molar-refractivity contribution is 5.82. The van der Waals surface area contributed by atoms with E-state index < -0.39 is 11.9 Å². The molecule has 1 aromatic rings. The lowest BCUT2D eigenvalue weighted by Gasteiger charge is -2.32. The minimum atomic E-state index is -1.48. The summed E-state index contributed by atoms with van der Waals surface area (Å²) in [5.41, 5.74) is 1.40. The van der Waals surface area contributed by atoms with Gasteiger partial charge < -0.3 is 24.4 Å². The summed E-state index contributed by atoms with van der Waals surface area (Å²) in [7, 11) is 2.98. The Labute approximate surface area is 135 Å². The van der Waals surface area contributed by atoms with Crippen molar-refractivity contribution in [2.24, 2.45) is 4.99 Å². The van der Waals surface area contributed by atoms with E-state index in [9.17, 15) is 10.2 Å². The van der Waals surface area contributed by atoms with E-state index in [1.165, 1.54) is 26.4 Å². The number of phenolic OH excluding ortho intramolecular Hbond substituents is 1. The Kier molecular flexibility index (Phi) is 5.54. The number of rotatable bonds is 6. The monoisotopic (exact) mass is 319 g/mol. The third-order valence-corrected chi connectivity index (χ3v) is 3.42. The summed E-state index contributed by atoms with van der Waals surface area (Å²) in [6, 6.07) is 4.94. The van der Waals surface area contributed by atoms with E-state index in [-0.39, 0.29) is 5.75 Å². The Morgan fingerprint density at radius 1 is 1.35 bits per heavy atom. The van der Waals surface area contributed by atoms with Crippen LogP contribution in [0, 0.1) is 0 Å². The smallest absolute Gasteiger partial charge is 0.216 e. The molecule has 0 fully saturated rings. The van der Waals surface area contributed by atoms with Gasteiger partial charge in [0.05, 0.1) is 12.8 Å². The summed E-state index contributed by atoms with van der Waals surface area (Å²) in [6.07, 6.45) is 5.86. The number of nitrogens with zero attached hydrogens (tertiary/aromatic N) is 1. The maximum absolute atomic E-state index is 10.4. The van der Waals surface area contributed by atoms with Crippen LogP contribution in [0.15, 0.2) is 47.1 Å². The first-order chi connectivity index (χ1) is 11.0. The average Bonchev–Trinajstić information content (AvgIpc) is 2.55. The lowest BCUT2D eigenvalue weighted by atomic mass is 10.0. The van der Waals surface area contributed by atoms with Crippen LogP contribution in [0.5, 0.6) is 11.5 Å². The number of ether oxygens (including phenoxy) is 3. The molecule has 0 radical (unpaired) electrons. The highest BCUT2D eigenvalue weighted by Crippen LogP contribution is 2.27. The minimum Gasteiger partial charge on any atom is -0.504 e. The normalized spacial score (nSPS) is 24.0. The van der Waals surface area contributed by atoms with E-state index in [0.717, 1.165) is 5.56 Å². The van der Waals surface area contributed by atoms with Gasteiger partial charge in [0.15, 0.2) is 11.5 Å². The Bertz CT molecular complexity index is 638. The van der Waals surface area contributed by atoms with Gasteiger partial charge in [-0.1, -0.05) is 0 Å². The van der Waals surface area contributed by atoms with Crippen molar-refractivity contribution in [3.8, 4) is 11.5 Å². The summed E-state index contributed by atoms with van der Waals surface area (Å²) in [4.78, 5) is 4.35. The number of aromatic hydroxyl groups is 1. The van der Waals surface area contributed by atoms with Gasteiger partial charge in [-0.15, -0.1) is 0 Å². The number of benzene rings is 1. The molecule has 0 spiro atoms. The summed E-state index contributed by atoms with van der Waals surface area (Å²) in [5, 5.41) is 19.9. The molecule has 23 heavy (non-hydrogen) atoms. The van der Waals surface area contributed by atoms with Crippen LogP contribution < -0.4 is 4.74 Å². The number of aliphatic hydroxyl groups is 1. The van der Waals surface area contributed by atoms with Crippen molar-refractivity contribution in [3.63, 3.8) is 0 Å². The molecule has 0 amide bonds. The van der Waals surface area contributed by atoms with Gasteiger partial charge >= 0.3 is 0 Å². The molecule has 0 aliphatic heterocycles. The minimum absolute atomic E-state index is 0.0719. The molecular formula is C17H21NO5. The predicted molar refractivity (Wildman–Crippen MR) is 86.8 cm³/mol. The number of hydrogen-bond acceptors (Lipinski definition) is 6. The quantitative estimate of drug-likeness (QED) is 0.619. The van der Waals surface area contributed by atoms with Crippen molar-refractivity contribution in [1.29, 1.82) is 0 Å². The summed E-state index contributed by atoms with van der Waals surface area (Å²) < 4.78 is 15.7. The molecule has 0 saturated carbocycles. The molecule has 2 unspecified atom stereocenters. The van der Waals surface area contributed by atoms with Crippen molar-refractivity contribution in [3.05, 3.63) is 47.7 Å². The van der Waals surface area contributed by atoms with Crippen LogP contribution in [0.4, 0.5) is 0 Å². The lowest BCUT2D eigenvalue weighted by Crippen LogP contribution is -2.44. The molecule has 1 aliphatic carbocycles. The van der Waals surface area contributed by atoms with Gasteiger partial charge in [0.25, 0.3) is 0 Å². The zero-order valence-corrected chi connectivity index (χ0v) is 13.4. The first-order valence-electron chi connectivity index (χ1n) is 7.23. The summed E-state index contributed by atoms with van der Waals surface area (Å²) >= 11 is 0. The maximum atomic E-state index is 10.4. The third-order valence-electron chi connectivity index (χ3n) is 3.42. The fourth-order valence-electron chi connectivity index (χ4n) is 2.24. The lowest BCUT2D eigenvalue weighted by molar-refractivity contribution is -0.215. The third kappa shape index (κ3) is 3.98. The van der Waals surface area contributed by atoms with Crippen LogP contribution in [-0.4, -0.2) is 49.1 Å². The predicted octanol–water partition coefficient (Wildman–Crippen LogP) is 2.01. The topological polar surface area (TPSA) is 80.5 Å². The zero-order chi connectivity index (χ0) is 16.9. The fourth-order valence-corrected chi connectivity index (χ4v) is 2.24. The molecule has 0 bridgehead atoms. The number of methoxy groups -OCH3 is 2. The Morgan fingerprint density at radius 3 is 2.78 bits per heavy atom. The van der Waals surface area contributed by atoms with Gasteiger partial charge in [-0.2, -0.15) is 0 Å². The van der Waals surface area contributed by atoms with Crippen LogP contribution in [0.2, 0.25) is 0 Å². The SMILES string of the molecule is CCOC1(O)C=CC(N=Cc2ccc(O)c(OC)c2)=CC1OC. The number of phenols is 1. The molecule has 2 atom stereocenters. The van der Waals surface area contributed by atoms with Gasteiger partial charge in [0, 0.05) is 19.9 Å². The molecule has 2 rings (SSSR count). The van der Waals surface area contributed by atoms with Crippen LogP contribution in [0.3, 0.4) is 0 Å². The Balaban J connectivity index is 2.17. The van der Waals surface area contributed by atoms with Crippen molar-refractivity contribution >= 4 is 6.21 Å². The van der Waals surface area contributed by atoms with Gasteiger partial charge in [-0.05, 0) is 48.9 Å². The molecule has 6 nitrogen and oxygen atoms in total. The second-order valence-electron chi connectivity index (χ2n) is 4.96. The highest BCUT2D eigenvalue weighted by atomic mass is 16.6. The molecule has 0 heterocycles. The van der Waals surface area contributed by atoms with Crippen molar-refractivity contribution in [2.45, 2.75) is 18.8 Å². The standard InChI is InChI=1S/C17H21NO5/c1-4-23-17(20)8-7-13(10-16(17)22-3)18-11-12-5-6-14(19)15(9-12)21-2/h5-11,16,19-20H,4H2,1-3H3. The van der Waals surface area contributed by atoms with E-state index in [2.05, 4.69) is 4.99 Å². The number of aliphatic imine (C=N–C) groups is 1. The van der Waals surface area contributed by atoms with E-state index in [1.54, 1.807) is 37.4 Å². The average molecular weight is 319 g/mol. The molecular weight excluding hydrogens is 298 g/mol. The number of allylic oxidation sites excluding steroid dienone is 1.